The summed E-state index contributed by atoms with van der Waals surface area (Å²) in [5.74, 6) is 0.854. The molecule has 1 saturated heterocycles. The average Bonchev–Trinajstić information content (AvgIpc) is 3.58. The molecule has 3 N–H and O–H groups in total. The van der Waals surface area contributed by atoms with E-state index in [0.29, 0.717) is 47.5 Å². The highest BCUT2D eigenvalue weighted by Crippen LogP contribution is 2.37. The fraction of sp³-hybridized carbons (Fsp3) is 0.308. The van der Waals surface area contributed by atoms with Crippen molar-refractivity contribution < 1.29 is 19.0 Å². The quantitative estimate of drug-likeness (QED) is 0.330. The summed E-state index contributed by atoms with van der Waals surface area (Å²) in [6.07, 6.45) is 2.89. The van der Waals surface area contributed by atoms with Crippen LogP contribution in [0.5, 0.6) is 5.75 Å². The zero-order valence-corrected chi connectivity index (χ0v) is 21.1. The van der Waals surface area contributed by atoms with E-state index < -0.39 is 0 Å². The van der Waals surface area contributed by atoms with Gasteiger partial charge in [0.1, 0.15) is 0 Å². The largest absolute Gasteiger partial charge is 0.494 e. The van der Waals surface area contributed by atoms with Gasteiger partial charge in [-0.25, -0.2) is 9.50 Å². The lowest BCUT2D eigenvalue weighted by Crippen LogP contribution is -2.31. The summed E-state index contributed by atoms with van der Waals surface area (Å²) >= 11 is 0. The van der Waals surface area contributed by atoms with E-state index in [-0.39, 0.29) is 18.2 Å². The molecular weight excluding hydrogens is 474 g/mol. The number of methoxy groups -OCH3 is 1. The van der Waals surface area contributed by atoms with Crippen molar-refractivity contribution in [3.05, 3.63) is 60.0 Å². The molecule has 0 aliphatic carbocycles. The Labute approximate surface area is 214 Å². The van der Waals surface area contributed by atoms with Crippen LogP contribution in [0.15, 0.2) is 48.8 Å². The molecule has 0 saturated carbocycles. The van der Waals surface area contributed by atoms with Gasteiger partial charge in [-0.15, -0.1) is 5.10 Å². The van der Waals surface area contributed by atoms with Crippen molar-refractivity contribution >= 4 is 28.7 Å². The van der Waals surface area contributed by atoms with Crippen LogP contribution in [0.3, 0.4) is 0 Å². The molecule has 5 rings (SSSR count). The summed E-state index contributed by atoms with van der Waals surface area (Å²) in [5.41, 5.74) is 4.70. The van der Waals surface area contributed by atoms with Gasteiger partial charge in [0.2, 0.25) is 0 Å². The fourth-order valence-corrected chi connectivity index (χ4v) is 4.15. The van der Waals surface area contributed by atoms with Gasteiger partial charge in [0.05, 0.1) is 43.6 Å². The second-order valence-corrected chi connectivity index (χ2v) is 8.76. The van der Waals surface area contributed by atoms with Crippen LogP contribution in [0.25, 0.3) is 16.9 Å². The first-order chi connectivity index (χ1) is 18.0. The summed E-state index contributed by atoms with van der Waals surface area (Å²) in [7, 11) is 3.40. The van der Waals surface area contributed by atoms with E-state index in [2.05, 4.69) is 31.0 Å². The first-order valence-electron chi connectivity index (χ1n) is 12.0. The number of hydrogen-bond donors (Lipinski definition) is 3. The summed E-state index contributed by atoms with van der Waals surface area (Å²) in [4.78, 5) is 21.7. The van der Waals surface area contributed by atoms with Crippen molar-refractivity contribution in [1.82, 2.24) is 24.9 Å². The van der Waals surface area contributed by atoms with Crippen molar-refractivity contribution in [2.24, 2.45) is 0 Å². The molecule has 11 nitrogen and oxygen atoms in total. The number of aromatic nitrogens is 4. The van der Waals surface area contributed by atoms with E-state index in [1.807, 2.05) is 50.2 Å². The number of para-hydroxylation sites is 1. The third-order valence-corrected chi connectivity index (χ3v) is 5.83. The van der Waals surface area contributed by atoms with Gasteiger partial charge in [-0.2, -0.15) is 0 Å². The summed E-state index contributed by atoms with van der Waals surface area (Å²) in [6.45, 7) is 4.95. The molecule has 1 amide bonds. The third kappa shape index (κ3) is 4.91. The van der Waals surface area contributed by atoms with Crippen LogP contribution in [0.4, 0.5) is 17.2 Å². The maximum absolute atomic E-state index is 12.7. The number of nitrogens with zero attached hydrogens (tertiary/aromatic N) is 4. The van der Waals surface area contributed by atoms with Crippen molar-refractivity contribution in [2.75, 3.05) is 38.0 Å². The van der Waals surface area contributed by atoms with E-state index in [0.717, 1.165) is 16.8 Å². The SMILES string of the molecule is CNc1cc(Nc2cccc(-c3ccc(C4OCCO4)cn3)c2OC)nn2c(C(=O)NC(C)C)cnc12. The normalized spacial score (nSPS) is 13.8. The van der Waals surface area contributed by atoms with Crippen LogP contribution in [-0.4, -0.2) is 58.9 Å². The zero-order chi connectivity index (χ0) is 25.9. The summed E-state index contributed by atoms with van der Waals surface area (Å²) < 4.78 is 18.4. The molecule has 0 unspecified atom stereocenters. The molecule has 0 bridgehead atoms. The van der Waals surface area contributed by atoms with Crippen LogP contribution in [0, 0.1) is 0 Å². The third-order valence-electron chi connectivity index (χ3n) is 5.83. The van der Waals surface area contributed by atoms with Gasteiger partial charge < -0.3 is 30.2 Å². The van der Waals surface area contributed by atoms with E-state index in [1.54, 1.807) is 20.4 Å². The second kappa shape index (κ2) is 10.4. The van der Waals surface area contributed by atoms with E-state index >= 15 is 0 Å². The highest BCUT2D eigenvalue weighted by molar-refractivity contribution is 5.94. The number of carbonyl (C=O) groups is 1. The molecule has 3 aromatic heterocycles. The smallest absolute Gasteiger partial charge is 0.271 e. The van der Waals surface area contributed by atoms with Crippen molar-refractivity contribution in [3.63, 3.8) is 0 Å². The van der Waals surface area contributed by atoms with Crippen LogP contribution in [0.1, 0.15) is 36.2 Å². The van der Waals surface area contributed by atoms with Crippen LogP contribution < -0.4 is 20.7 Å². The molecule has 0 atom stereocenters. The minimum Gasteiger partial charge on any atom is -0.494 e. The Morgan fingerprint density at radius 3 is 2.59 bits per heavy atom. The predicted molar refractivity (Wildman–Crippen MR) is 139 cm³/mol. The number of imidazole rings is 1. The van der Waals surface area contributed by atoms with Gasteiger partial charge >= 0.3 is 0 Å². The van der Waals surface area contributed by atoms with Gasteiger partial charge in [-0.3, -0.25) is 9.78 Å². The highest BCUT2D eigenvalue weighted by Gasteiger charge is 2.21. The maximum Gasteiger partial charge on any atom is 0.271 e. The highest BCUT2D eigenvalue weighted by atomic mass is 16.7. The minimum atomic E-state index is -0.380. The first-order valence-corrected chi connectivity index (χ1v) is 12.0. The number of fused-ring (bicyclic) bond motifs is 1. The Morgan fingerprint density at radius 1 is 1.11 bits per heavy atom. The van der Waals surface area contributed by atoms with Crippen molar-refractivity contribution in [1.29, 1.82) is 0 Å². The molecule has 192 valence electrons. The topological polar surface area (TPSA) is 124 Å². The number of rotatable bonds is 8. The van der Waals surface area contributed by atoms with Gasteiger partial charge in [-0.1, -0.05) is 12.1 Å². The van der Waals surface area contributed by atoms with Crippen LogP contribution in [-0.2, 0) is 9.47 Å². The molecule has 1 fully saturated rings. The van der Waals surface area contributed by atoms with Crippen LogP contribution >= 0.6 is 0 Å². The Balaban J connectivity index is 1.49. The number of pyridine rings is 1. The predicted octanol–water partition coefficient (Wildman–Crippen LogP) is 3.77. The molecule has 4 aromatic rings. The number of hydrogen-bond acceptors (Lipinski definition) is 9. The molecule has 0 spiro atoms. The number of benzene rings is 1. The van der Waals surface area contributed by atoms with Crippen molar-refractivity contribution in [3.8, 4) is 17.0 Å². The number of nitrogens with one attached hydrogen (secondary N) is 3. The Hall–Kier alpha value is -4.22. The Bertz CT molecular complexity index is 1410. The monoisotopic (exact) mass is 503 g/mol. The van der Waals surface area contributed by atoms with Gasteiger partial charge in [0.25, 0.3) is 5.91 Å². The molecule has 11 heteroatoms. The lowest BCUT2D eigenvalue weighted by atomic mass is 10.1. The lowest BCUT2D eigenvalue weighted by Gasteiger charge is -2.16. The molecule has 37 heavy (non-hydrogen) atoms. The minimum absolute atomic E-state index is 0.0176. The van der Waals surface area contributed by atoms with Gasteiger partial charge in [0.15, 0.2) is 29.2 Å². The fourth-order valence-electron chi connectivity index (χ4n) is 4.15. The second-order valence-electron chi connectivity index (χ2n) is 8.76. The number of ether oxygens (including phenoxy) is 3. The first kappa shape index (κ1) is 24.5. The summed E-state index contributed by atoms with van der Waals surface area (Å²) in [5, 5.41) is 14.0. The Morgan fingerprint density at radius 2 is 1.92 bits per heavy atom. The molecule has 4 heterocycles. The van der Waals surface area contributed by atoms with E-state index in [1.165, 1.54) is 10.7 Å². The van der Waals surface area contributed by atoms with Crippen molar-refractivity contribution in [2.45, 2.75) is 26.2 Å². The van der Waals surface area contributed by atoms with E-state index in [9.17, 15) is 4.79 Å². The van der Waals surface area contributed by atoms with Gasteiger partial charge in [-0.05, 0) is 32.0 Å². The zero-order valence-electron chi connectivity index (χ0n) is 21.1. The average molecular weight is 504 g/mol. The standard InChI is InChI=1S/C26H29N7O4/c1-15(2)30-25(34)21-14-29-24-20(27-3)12-22(32-33(21)24)31-19-7-5-6-17(23(19)35-4)18-9-8-16(13-28-18)26-36-10-11-37-26/h5-9,12-15,26-27H,10-11H2,1-4H3,(H,30,34)(H,31,32). The number of anilines is 3. The maximum atomic E-state index is 12.7. The molecule has 1 aliphatic rings. The molecular formula is C26H29N7O4. The molecule has 1 aliphatic heterocycles. The van der Waals surface area contributed by atoms with E-state index in [4.69, 9.17) is 14.2 Å². The van der Waals surface area contributed by atoms with Gasteiger partial charge in [0, 0.05) is 36.5 Å². The molecule has 0 radical (unpaired) electrons. The Kier molecular flexibility index (Phi) is 6.89. The summed E-state index contributed by atoms with van der Waals surface area (Å²) in [6, 6.07) is 11.4. The lowest BCUT2D eigenvalue weighted by molar-refractivity contribution is -0.0443. The van der Waals surface area contributed by atoms with Crippen LogP contribution in [0.2, 0.25) is 0 Å². The molecule has 1 aromatic carbocycles. The number of carbonyl (C=O) groups excluding carboxylic acids is 1. The number of amides is 1.